The molecule has 0 aliphatic rings. The fourth-order valence-electron chi connectivity index (χ4n) is 2.06. The second kappa shape index (κ2) is 6.38. The zero-order chi connectivity index (χ0) is 16.3. The van der Waals surface area contributed by atoms with Crippen molar-refractivity contribution >= 4 is 11.9 Å². The van der Waals surface area contributed by atoms with Gasteiger partial charge in [0.1, 0.15) is 5.82 Å². The van der Waals surface area contributed by atoms with E-state index in [4.69, 9.17) is 5.11 Å². The summed E-state index contributed by atoms with van der Waals surface area (Å²) < 4.78 is 13.0. The number of rotatable bonds is 5. The Bertz CT molecular complexity index is 682. The highest BCUT2D eigenvalue weighted by Crippen LogP contribution is 2.22. The van der Waals surface area contributed by atoms with E-state index in [1.54, 1.807) is 12.1 Å². The van der Waals surface area contributed by atoms with Crippen molar-refractivity contribution in [3.63, 3.8) is 0 Å². The second-order valence-corrected chi connectivity index (χ2v) is 5.09. The van der Waals surface area contributed by atoms with E-state index in [2.05, 4.69) is 10.2 Å². The van der Waals surface area contributed by atoms with Crippen molar-refractivity contribution in [1.82, 2.24) is 15.1 Å². The Morgan fingerprint density at radius 1 is 1.36 bits per heavy atom. The van der Waals surface area contributed by atoms with Crippen molar-refractivity contribution in [2.24, 2.45) is 5.92 Å². The number of aliphatic carboxylic acids is 1. The molecule has 2 N–H and O–H groups in total. The highest BCUT2D eigenvalue weighted by atomic mass is 19.1. The van der Waals surface area contributed by atoms with E-state index in [0.29, 0.717) is 16.8 Å². The van der Waals surface area contributed by atoms with Gasteiger partial charge in [-0.15, -0.1) is 0 Å². The van der Waals surface area contributed by atoms with Crippen LogP contribution in [0.1, 0.15) is 17.3 Å². The van der Waals surface area contributed by atoms with Crippen LogP contribution < -0.4 is 0 Å². The van der Waals surface area contributed by atoms with Crippen LogP contribution in [0, 0.1) is 11.7 Å². The van der Waals surface area contributed by atoms with Gasteiger partial charge in [-0.05, 0) is 24.3 Å². The van der Waals surface area contributed by atoms with Gasteiger partial charge in [0.05, 0.1) is 23.4 Å². The lowest BCUT2D eigenvalue weighted by Crippen LogP contribution is -2.33. The highest BCUT2D eigenvalue weighted by molar-refractivity contribution is 5.99. The molecular weight excluding hydrogens is 289 g/mol. The Kier molecular flexibility index (Phi) is 4.55. The van der Waals surface area contributed by atoms with Crippen molar-refractivity contribution in [3.05, 3.63) is 41.8 Å². The van der Waals surface area contributed by atoms with Crippen LogP contribution in [-0.2, 0) is 4.79 Å². The lowest BCUT2D eigenvalue weighted by atomic mass is 10.1. The van der Waals surface area contributed by atoms with Crippen LogP contribution in [0.2, 0.25) is 0 Å². The first-order chi connectivity index (χ1) is 10.4. The third-order valence-corrected chi connectivity index (χ3v) is 3.32. The average molecular weight is 305 g/mol. The summed E-state index contributed by atoms with van der Waals surface area (Å²) in [6.45, 7) is 1.62. The van der Waals surface area contributed by atoms with Crippen LogP contribution in [0.4, 0.5) is 4.39 Å². The molecule has 2 aromatic rings. The predicted molar refractivity (Wildman–Crippen MR) is 77.7 cm³/mol. The number of nitrogens with one attached hydrogen (secondary N) is 1. The van der Waals surface area contributed by atoms with E-state index >= 15 is 0 Å². The molecule has 0 radical (unpaired) electrons. The summed E-state index contributed by atoms with van der Waals surface area (Å²) in [5.41, 5.74) is 1.41. The monoisotopic (exact) mass is 305 g/mol. The SMILES string of the molecule is CC(CN(C)C(=O)c1cn[nH]c1-c1ccc(F)cc1)C(=O)O. The first kappa shape index (κ1) is 15.7. The van der Waals surface area contributed by atoms with Crippen molar-refractivity contribution in [1.29, 1.82) is 0 Å². The maximum atomic E-state index is 13.0. The normalized spacial score (nSPS) is 12.0. The Hall–Kier alpha value is -2.70. The third kappa shape index (κ3) is 3.30. The van der Waals surface area contributed by atoms with Crippen LogP contribution in [-0.4, -0.2) is 45.7 Å². The van der Waals surface area contributed by atoms with Gasteiger partial charge >= 0.3 is 5.97 Å². The lowest BCUT2D eigenvalue weighted by molar-refractivity contribution is -0.141. The van der Waals surface area contributed by atoms with Gasteiger partial charge in [0.25, 0.3) is 5.91 Å². The lowest BCUT2D eigenvalue weighted by Gasteiger charge is -2.19. The molecule has 6 nitrogen and oxygen atoms in total. The van der Waals surface area contributed by atoms with Crippen molar-refractivity contribution < 1.29 is 19.1 Å². The first-order valence-electron chi connectivity index (χ1n) is 6.67. The minimum absolute atomic E-state index is 0.0855. The molecule has 0 fully saturated rings. The minimum atomic E-state index is -0.967. The molecule has 22 heavy (non-hydrogen) atoms. The van der Waals surface area contributed by atoms with Gasteiger partial charge in [-0.3, -0.25) is 14.7 Å². The largest absolute Gasteiger partial charge is 0.481 e. The number of carbonyl (C=O) groups is 2. The van der Waals surface area contributed by atoms with Gasteiger partial charge in [-0.1, -0.05) is 6.92 Å². The summed E-state index contributed by atoms with van der Waals surface area (Å²) >= 11 is 0. The summed E-state index contributed by atoms with van der Waals surface area (Å²) in [7, 11) is 1.53. The number of carboxylic acid groups (broad SMARTS) is 1. The Labute approximate surface area is 126 Å². The maximum Gasteiger partial charge on any atom is 0.308 e. The number of halogens is 1. The molecule has 1 atom stereocenters. The molecule has 7 heteroatoms. The molecule has 116 valence electrons. The topological polar surface area (TPSA) is 86.3 Å². The second-order valence-electron chi connectivity index (χ2n) is 5.09. The van der Waals surface area contributed by atoms with Crippen molar-refractivity contribution in [3.8, 4) is 11.3 Å². The van der Waals surface area contributed by atoms with Crippen LogP contribution >= 0.6 is 0 Å². The molecular formula is C15H16FN3O3. The highest BCUT2D eigenvalue weighted by Gasteiger charge is 2.22. The smallest absolute Gasteiger partial charge is 0.308 e. The number of benzene rings is 1. The fourth-order valence-corrected chi connectivity index (χ4v) is 2.06. The number of amides is 1. The molecule has 0 aliphatic carbocycles. The van der Waals surface area contributed by atoms with Gasteiger partial charge in [0.15, 0.2) is 0 Å². The Morgan fingerprint density at radius 3 is 2.59 bits per heavy atom. The van der Waals surface area contributed by atoms with Crippen LogP contribution in [0.3, 0.4) is 0 Å². The molecule has 1 aromatic carbocycles. The van der Waals surface area contributed by atoms with E-state index in [9.17, 15) is 14.0 Å². The Morgan fingerprint density at radius 2 is 2.00 bits per heavy atom. The van der Waals surface area contributed by atoms with E-state index < -0.39 is 11.9 Å². The fraction of sp³-hybridized carbons (Fsp3) is 0.267. The van der Waals surface area contributed by atoms with E-state index in [0.717, 1.165) is 0 Å². The quantitative estimate of drug-likeness (QED) is 0.884. The van der Waals surface area contributed by atoms with Gasteiger partial charge in [-0.2, -0.15) is 5.10 Å². The number of carboxylic acids is 1. The van der Waals surface area contributed by atoms with E-state index in [1.165, 1.54) is 37.2 Å². The molecule has 0 spiro atoms. The molecule has 1 aromatic heterocycles. The molecule has 0 saturated heterocycles. The molecule has 1 unspecified atom stereocenters. The first-order valence-corrected chi connectivity index (χ1v) is 6.67. The molecule has 1 amide bonds. The van der Waals surface area contributed by atoms with Crippen molar-refractivity contribution in [2.45, 2.75) is 6.92 Å². The summed E-state index contributed by atoms with van der Waals surface area (Å²) in [4.78, 5) is 24.6. The van der Waals surface area contributed by atoms with Gasteiger partial charge in [0.2, 0.25) is 0 Å². The van der Waals surface area contributed by atoms with E-state index in [-0.39, 0.29) is 18.3 Å². The average Bonchev–Trinajstić information content (AvgIpc) is 2.96. The maximum absolute atomic E-state index is 13.0. The van der Waals surface area contributed by atoms with Crippen LogP contribution in [0.15, 0.2) is 30.5 Å². The zero-order valence-electron chi connectivity index (χ0n) is 12.2. The molecule has 0 saturated carbocycles. The molecule has 0 bridgehead atoms. The number of aromatic nitrogens is 2. The molecule has 1 heterocycles. The Balaban J connectivity index is 2.23. The number of nitrogens with zero attached hydrogens (tertiary/aromatic N) is 2. The molecule has 2 rings (SSSR count). The van der Waals surface area contributed by atoms with Crippen LogP contribution in [0.25, 0.3) is 11.3 Å². The summed E-state index contributed by atoms with van der Waals surface area (Å²) in [6, 6.07) is 5.67. The summed E-state index contributed by atoms with van der Waals surface area (Å²) in [6.07, 6.45) is 1.38. The molecule has 0 aliphatic heterocycles. The predicted octanol–water partition coefficient (Wildman–Crippen LogP) is 2.01. The van der Waals surface area contributed by atoms with E-state index in [1.807, 2.05) is 0 Å². The van der Waals surface area contributed by atoms with Gasteiger partial charge < -0.3 is 10.0 Å². The zero-order valence-corrected chi connectivity index (χ0v) is 12.2. The third-order valence-electron chi connectivity index (χ3n) is 3.32. The minimum Gasteiger partial charge on any atom is -0.481 e. The number of hydrogen-bond donors (Lipinski definition) is 2. The van der Waals surface area contributed by atoms with Gasteiger partial charge in [-0.25, -0.2) is 4.39 Å². The summed E-state index contributed by atoms with van der Waals surface area (Å²) in [5, 5.41) is 15.5. The van der Waals surface area contributed by atoms with Crippen molar-refractivity contribution in [2.75, 3.05) is 13.6 Å². The number of H-pyrrole nitrogens is 1. The standard InChI is InChI=1S/C15H16FN3O3/c1-9(15(21)22)8-19(2)14(20)12-7-17-18-13(12)10-3-5-11(16)6-4-10/h3-7,9H,8H2,1-2H3,(H,17,18)(H,21,22). The number of aromatic amines is 1. The van der Waals surface area contributed by atoms with Crippen LogP contribution in [0.5, 0.6) is 0 Å². The summed E-state index contributed by atoms with van der Waals surface area (Å²) in [5.74, 6) is -2.36. The number of hydrogen-bond acceptors (Lipinski definition) is 3. The van der Waals surface area contributed by atoms with Gasteiger partial charge in [0, 0.05) is 19.2 Å². The number of carbonyl (C=O) groups excluding carboxylic acids is 1.